The number of hydrogen-bond acceptors (Lipinski definition) is 7. The van der Waals surface area contributed by atoms with Gasteiger partial charge in [0, 0.05) is 29.6 Å². The number of carbonyl (C=O) groups is 4. The van der Waals surface area contributed by atoms with E-state index >= 15 is 0 Å². The number of nitrogens with one attached hydrogen (secondary N) is 2. The zero-order chi connectivity index (χ0) is 26.5. The van der Waals surface area contributed by atoms with Crippen LogP contribution in [-0.2, 0) is 19.1 Å². The third-order valence-corrected chi connectivity index (χ3v) is 10.3. The largest absolute Gasteiger partial charge is 0.447 e. The van der Waals surface area contributed by atoms with E-state index in [4.69, 9.17) is 9.47 Å². The van der Waals surface area contributed by atoms with Gasteiger partial charge in [-0.2, -0.15) is 0 Å². The molecule has 3 N–H and O–H groups in total. The molecular weight excluding hydrogens is 464 g/mol. The number of Topliss-reactive ketones (excluding diaryl/α,β-unsaturated/α-hetero) is 1. The first-order valence-corrected chi connectivity index (χ1v) is 13.2. The van der Waals surface area contributed by atoms with E-state index < -0.39 is 35.2 Å². The molecule has 9 atom stereocenters. The van der Waals surface area contributed by atoms with Crippen LogP contribution in [0.5, 0.6) is 0 Å². The minimum atomic E-state index is -0.958. The molecule has 9 heteroatoms. The Hall–Kier alpha value is -2.42. The number of alkyl carbamates (subject to hydrolysis) is 2. The second-order valence-electron chi connectivity index (χ2n) is 12.0. The highest BCUT2D eigenvalue weighted by Crippen LogP contribution is 2.67. The molecule has 1 aliphatic heterocycles. The SMILES string of the molecule is C=C[C@]1(C)C[C@@H](OC(=O)NC(=O)OC[C@H]2CCC(=O)N2)[C@@]2(C)C(C)CC[C@]3(CCC(=O)[C@H]32)[C@@H](C)[C@@H]1O. The smallest absolute Gasteiger partial charge is 0.416 e. The Morgan fingerprint density at radius 2 is 1.89 bits per heavy atom. The predicted molar refractivity (Wildman–Crippen MR) is 131 cm³/mol. The summed E-state index contributed by atoms with van der Waals surface area (Å²) in [5.41, 5.74) is -1.79. The van der Waals surface area contributed by atoms with Gasteiger partial charge in [0.25, 0.3) is 0 Å². The van der Waals surface area contributed by atoms with E-state index in [1.807, 2.05) is 20.8 Å². The van der Waals surface area contributed by atoms with Gasteiger partial charge in [0.2, 0.25) is 5.91 Å². The van der Waals surface area contributed by atoms with E-state index in [0.717, 1.165) is 12.8 Å². The lowest BCUT2D eigenvalue weighted by atomic mass is 9.44. The monoisotopic (exact) mass is 504 g/mol. The molecule has 1 unspecified atom stereocenters. The standard InChI is InChI=1S/C27H40N2O7/c1-6-25(4)13-19(36-24(34)29-23(33)35-14-17-7-8-20(31)28-17)26(5)15(2)9-11-27(16(3)22(25)32)12-10-18(30)21(26)27/h6,15-17,19,21-22,32H,1,7-14H2,2-5H3,(H,28,31)(H,29,33,34)/t15?,16-,17+,19+,21-,22-,25+,26+,27-/m0/s1. The molecule has 0 aromatic rings. The van der Waals surface area contributed by atoms with Crippen molar-refractivity contribution < 1.29 is 33.8 Å². The van der Waals surface area contributed by atoms with Crippen molar-refractivity contribution in [1.82, 2.24) is 10.6 Å². The minimum Gasteiger partial charge on any atom is -0.447 e. The van der Waals surface area contributed by atoms with Crippen LogP contribution in [0.3, 0.4) is 0 Å². The maximum atomic E-state index is 13.4. The number of carbonyl (C=O) groups excluding carboxylic acids is 4. The maximum Gasteiger partial charge on any atom is 0.416 e. The zero-order valence-electron chi connectivity index (χ0n) is 21.8. The van der Waals surface area contributed by atoms with Gasteiger partial charge in [-0.05, 0) is 49.4 Å². The lowest BCUT2D eigenvalue weighted by molar-refractivity contribution is -0.191. The molecule has 2 bridgehead atoms. The first-order valence-electron chi connectivity index (χ1n) is 13.2. The second-order valence-corrected chi connectivity index (χ2v) is 12.0. The summed E-state index contributed by atoms with van der Waals surface area (Å²) in [7, 11) is 0. The summed E-state index contributed by atoms with van der Waals surface area (Å²) >= 11 is 0. The number of rotatable bonds is 4. The number of imide groups is 1. The molecule has 4 rings (SSSR count). The van der Waals surface area contributed by atoms with Crippen LogP contribution in [0.4, 0.5) is 9.59 Å². The molecule has 0 radical (unpaired) electrons. The predicted octanol–water partition coefficient (Wildman–Crippen LogP) is 3.49. The number of hydrogen-bond donors (Lipinski definition) is 3. The van der Waals surface area contributed by atoms with Crippen LogP contribution in [0.25, 0.3) is 0 Å². The van der Waals surface area contributed by atoms with Crippen molar-refractivity contribution in [3.63, 3.8) is 0 Å². The molecule has 36 heavy (non-hydrogen) atoms. The summed E-state index contributed by atoms with van der Waals surface area (Å²) in [4.78, 5) is 49.9. The van der Waals surface area contributed by atoms with Crippen molar-refractivity contribution in [2.45, 2.75) is 90.9 Å². The molecule has 9 nitrogen and oxygen atoms in total. The molecule has 1 saturated heterocycles. The number of ether oxygens (including phenoxy) is 2. The van der Waals surface area contributed by atoms with Gasteiger partial charge in [-0.15, -0.1) is 6.58 Å². The van der Waals surface area contributed by atoms with Crippen LogP contribution in [0.15, 0.2) is 12.7 Å². The third kappa shape index (κ3) is 4.23. The van der Waals surface area contributed by atoms with Crippen LogP contribution in [0.1, 0.15) is 72.6 Å². The fourth-order valence-electron chi connectivity index (χ4n) is 7.76. The van der Waals surface area contributed by atoms with E-state index in [1.165, 1.54) is 0 Å². The first kappa shape index (κ1) is 26.6. The molecule has 1 heterocycles. The van der Waals surface area contributed by atoms with Crippen molar-refractivity contribution >= 4 is 23.9 Å². The lowest BCUT2D eigenvalue weighted by Gasteiger charge is -2.61. The average Bonchev–Trinajstić information content (AvgIpc) is 3.41. The molecule has 200 valence electrons. The van der Waals surface area contributed by atoms with Crippen molar-refractivity contribution in [2.75, 3.05) is 6.61 Å². The van der Waals surface area contributed by atoms with E-state index in [1.54, 1.807) is 6.08 Å². The Balaban J connectivity index is 1.58. The third-order valence-electron chi connectivity index (χ3n) is 10.3. The summed E-state index contributed by atoms with van der Waals surface area (Å²) < 4.78 is 11.1. The average molecular weight is 505 g/mol. The van der Waals surface area contributed by atoms with Crippen molar-refractivity contribution in [1.29, 1.82) is 0 Å². The van der Waals surface area contributed by atoms with E-state index in [9.17, 15) is 24.3 Å². The van der Waals surface area contributed by atoms with Crippen LogP contribution < -0.4 is 10.6 Å². The fourth-order valence-corrected chi connectivity index (χ4v) is 7.76. The van der Waals surface area contributed by atoms with Crippen LogP contribution in [0, 0.1) is 34.0 Å². The molecule has 0 spiro atoms. The van der Waals surface area contributed by atoms with E-state index in [-0.39, 0.29) is 53.9 Å². The van der Waals surface area contributed by atoms with Gasteiger partial charge >= 0.3 is 12.2 Å². The molecule has 3 amide bonds. The molecule has 0 aromatic heterocycles. The Morgan fingerprint density at radius 3 is 2.53 bits per heavy atom. The molecule has 4 fully saturated rings. The van der Waals surface area contributed by atoms with Crippen LogP contribution in [0.2, 0.25) is 0 Å². The first-order chi connectivity index (χ1) is 16.9. The Morgan fingerprint density at radius 1 is 1.17 bits per heavy atom. The van der Waals surface area contributed by atoms with Gasteiger partial charge in [-0.1, -0.05) is 33.8 Å². The Kier molecular flexibility index (Phi) is 7.01. The summed E-state index contributed by atoms with van der Waals surface area (Å²) in [5.74, 6) is -0.308. The number of ketones is 1. The lowest BCUT2D eigenvalue weighted by Crippen LogP contribution is -2.63. The Labute approximate surface area is 212 Å². The minimum absolute atomic E-state index is 0.0409. The van der Waals surface area contributed by atoms with Crippen LogP contribution >= 0.6 is 0 Å². The van der Waals surface area contributed by atoms with Gasteiger partial charge in [0.15, 0.2) is 0 Å². The second kappa shape index (κ2) is 9.47. The summed E-state index contributed by atoms with van der Waals surface area (Å²) in [6.07, 6.45) is 2.41. The normalized spacial score (nSPS) is 44.0. The highest BCUT2D eigenvalue weighted by Gasteiger charge is 2.68. The number of aliphatic hydroxyl groups excluding tert-OH is 1. The highest BCUT2D eigenvalue weighted by atomic mass is 16.6. The maximum absolute atomic E-state index is 13.4. The molecular formula is C27H40N2O7. The summed E-state index contributed by atoms with van der Waals surface area (Å²) in [6.45, 7) is 12.0. The van der Waals surface area contributed by atoms with Crippen molar-refractivity contribution in [3.05, 3.63) is 12.7 Å². The number of amides is 3. The molecule has 4 aliphatic rings. The summed E-state index contributed by atoms with van der Waals surface area (Å²) in [5, 5.41) is 16.4. The van der Waals surface area contributed by atoms with Crippen molar-refractivity contribution in [2.24, 2.45) is 34.0 Å². The summed E-state index contributed by atoms with van der Waals surface area (Å²) in [6, 6.07) is -0.273. The highest BCUT2D eigenvalue weighted by molar-refractivity contribution is 5.88. The van der Waals surface area contributed by atoms with Crippen LogP contribution in [-0.4, -0.2) is 53.8 Å². The quantitative estimate of drug-likeness (QED) is 0.500. The van der Waals surface area contributed by atoms with Gasteiger partial charge in [0.05, 0.1) is 12.1 Å². The van der Waals surface area contributed by atoms with Crippen molar-refractivity contribution in [3.8, 4) is 0 Å². The van der Waals surface area contributed by atoms with Gasteiger partial charge in [-0.3, -0.25) is 9.59 Å². The topological polar surface area (TPSA) is 131 Å². The molecule has 0 aromatic carbocycles. The number of aliphatic hydroxyl groups is 1. The fraction of sp³-hybridized carbons (Fsp3) is 0.778. The van der Waals surface area contributed by atoms with Gasteiger partial charge < -0.3 is 19.9 Å². The molecule has 3 aliphatic carbocycles. The van der Waals surface area contributed by atoms with Gasteiger partial charge in [-0.25, -0.2) is 14.9 Å². The zero-order valence-corrected chi connectivity index (χ0v) is 21.8. The van der Waals surface area contributed by atoms with E-state index in [2.05, 4.69) is 24.1 Å². The Bertz CT molecular complexity index is 952. The van der Waals surface area contributed by atoms with Gasteiger partial charge in [0.1, 0.15) is 18.5 Å². The van der Waals surface area contributed by atoms with E-state index in [0.29, 0.717) is 25.7 Å². The molecule has 3 saturated carbocycles.